The van der Waals surface area contributed by atoms with E-state index in [4.69, 9.17) is 35.0 Å². The van der Waals surface area contributed by atoms with Gasteiger partial charge in [-0.05, 0) is 48.4 Å². The van der Waals surface area contributed by atoms with Gasteiger partial charge in [-0.2, -0.15) is 0 Å². The number of benzene rings is 3. The smallest absolute Gasteiger partial charge is 0.203 e. The van der Waals surface area contributed by atoms with Crippen LogP contribution in [0.3, 0.4) is 0 Å². The number of ether oxygens (including phenoxy) is 4. The fourth-order valence-electron chi connectivity index (χ4n) is 3.95. The topological polar surface area (TPSA) is 50.1 Å². The van der Waals surface area contributed by atoms with Crippen LogP contribution in [0.2, 0.25) is 5.02 Å². The first-order chi connectivity index (χ1) is 15.9. The van der Waals surface area contributed by atoms with Crippen LogP contribution in [0.5, 0.6) is 23.0 Å². The van der Waals surface area contributed by atoms with E-state index in [2.05, 4.69) is 12.6 Å². The fraction of sp³-hybridized carbons (Fsp3) is 0.185. The maximum atomic E-state index is 6.26. The molecule has 0 atom stereocenters. The maximum Gasteiger partial charge on any atom is 0.203 e. The van der Waals surface area contributed by atoms with Gasteiger partial charge in [-0.15, -0.1) is 0 Å². The molecule has 1 heterocycles. The van der Waals surface area contributed by atoms with Gasteiger partial charge in [-0.3, -0.25) is 0 Å². The van der Waals surface area contributed by atoms with E-state index in [1.165, 1.54) is 0 Å². The second-order valence-corrected chi connectivity index (χ2v) is 7.94. The number of hydrogen-bond donors (Lipinski definition) is 0. The summed E-state index contributed by atoms with van der Waals surface area (Å²) in [4.78, 5) is 0. The number of halogens is 1. The zero-order valence-electron chi connectivity index (χ0n) is 19.2. The summed E-state index contributed by atoms with van der Waals surface area (Å²) >= 11 is 6.07. The van der Waals surface area contributed by atoms with Crippen LogP contribution in [0.25, 0.3) is 27.7 Å². The second-order valence-electron chi connectivity index (χ2n) is 7.50. The van der Waals surface area contributed by atoms with Gasteiger partial charge in [0.05, 0.1) is 28.4 Å². The Morgan fingerprint density at radius 2 is 1.42 bits per heavy atom. The predicted octanol–water partition coefficient (Wildman–Crippen LogP) is 7.16. The summed E-state index contributed by atoms with van der Waals surface area (Å²) in [6, 6.07) is 15.3. The molecule has 1 aromatic heterocycles. The Hall–Kier alpha value is -3.57. The van der Waals surface area contributed by atoms with Gasteiger partial charge in [-0.25, -0.2) is 0 Å². The first kappa shape index (κ1) is 22.6. The van der Waals surface area contributed by atoms with E-state index in [9.17, 15) is 0 Å². The summed E-state index contributed by atoms with van der Waals surface area (Å²) in [6.45, 7) is 6.32. The Bertz CT molecular complexity index is 1310. The van der Waals surface area contributed by atoms with E-state index in [1.807, 2.05) is 49.4 Å². The standard InChI is InChI=1S/C27H25ClO5/c1-15(18-11-24(30-4)27(32-6)25(12-18)31-5)26-16(2)20-13-21(17-7-9-19(28)10-8-17)22(29-3)14-23(20)33-26/h7-14H,1H2,2-6H3. The Labute approximate surface area is 198 Å². The number of hydrogen-bond acceptors (Lipinski definition) is 5. The van der Waals surface area contributed by atoms with Gasteiger partial charge in [0.2, 0.25) is 5.75 Å². The third-order valence-electron chi connectivity index (χ3n) is 5.70. The number of furan rings is 1. The summed E-state index contributed by atoms with van der Waals surface area (Å²) in [5.41, 5.74) is 5.15. The van der Waals surface area contributed by atoms with Crippen molar-refractivity contribution >= 4 is 28.1 Å². The zero-order valence-corrected chi connectivity index (χ0v) is 20.0. The van der Waals surface area contributed by atoms with Crippen LogP contribution in [0.15, 0.2) is 59.5 Å². The molecule has 4 rings (SSSR count). The average molecular weight is 465 g/mol. The van der Waals surface area contributed by atoms with Crippen LogP contribution in [0.1, 0.15) is 16.9 Å². The second kappa shape index (κ2) is 9.12. The molecular weight excluding hydrogens is 440 g/mol. The Kier molecular flexibility index (Phi) is 6.25. The lowest BCUT2D eigenvalue weighted by Gasteiger charge is -2.14. The van der Waals surface area contributed by atoms with Crippen LogP contribution < -0.4 is 18.9 Å². The van der Waals surface area contributed by atoms with Crippen molar-refractivity contribution in [3.63, 3.8) is 0 Å². The van der Waals surface area contributed by atoms with Gasteiger partial charge in [0.1, 0.15) is 17.1 Å². The van der Waals surface area contributed by atoms with Crippen molar-refractivity contribution in [1.82, 2.24) is 0 Å². The number of aryl methyl sites for hydroxylation is 1. The van der Waals surface area contributed by atoms with Gasteiger partial charge in [0.15, 0.2) is 11.5 Å². The molecule has 0 unspecified atom stereocenters. The van der Waals surface area contributed by atoms with Gasteiger partial charge >= 0.3 is 0 Å². The lowest BCUT2D eigenvalue weighted by atomic mass is 9.98. The molecule has 0 aliphatic rings. The van der Waals surface area contributed by atoms with Crippen LogP contribution in [0, 0.1) is 6.92 Å². The van der Waals surface area contributed by atoms with E-state index in [1.54, 1.807) is 28.4 Å². The van der Waals surface area contributed by atoms with Crippen LogP contribution in [-0.2, 0) is 0 Å². The van der Waals surface area contributed by atoms with Crippen molar-refractivity contribution in [2.45, 2.75) is 6.92 Å². The summed E-state index contributed by atoms with van der Waals surface area (Å²) in [5.74, 6) is 3.01. The average Bonchev–Trinajstić information content (AvgIpc) is 3.17. The van der Waals surface area contributed by atoms with Crippen LogP contribution in [-0.4, -0.2) is 28.4 Å². The van der Waals surface area contributed by atoms with E-state index in [-0.39, 0.29) is 0 Å². The Morgan fingerprint density at radius 3 is 1.97 bits per heavy atom. The summed E-state index contributed by atoms with van der Waals surface area (Å²) in [6.07, 6.45) is 0. The highest BCUT2D eigenvalue weighted by Crippen LogP contribution is 2.43. The maximum absolute atomic E-state index is 6.26. The van der Waals surface area contributed by atoms with E-state index < -0.39 is 0 Å². The molecule has 0 aliphatic heterocycles. The summed E-state index contributed by atoms with van der Waals surface area (Å²) in [5, 5.41) is 1.66. The molecule has 33 heavy (non-hydrogen) atoms. The predicted molar refractivity (Wildman–Crippen MR) is 132 cm³/mol. The first-order valence-electron chi connectivity index (χ1n) is 10.3. The van der Waals surface area contributed by atoms with E-state index in [0.717, 1.165) is 27.6 Å². The minimum atomic E-state index is 0.523. The van der Waals surface area contributed by atoms with Crippen molar-refractivity contribution in [3.05, 3.63) is 77.0 Å². The molecule has 0 radical (unpaired) electrons. The highest BCUT2D eigenvalue weighted by molar-refractivity contribution is 6.30. The van der Waals surface area contributed by atoms with Gasteiger partial charge in [-0.1, -0.05) is 30.3 Å². The Balaban J connectivity index is 1.85. The third-order valence-corrected chi connectivity index (χ3v) is 5.95. The molecule has 0 amide bonds. The minimum Gasteiger partial charge on any atom is -0.496 e. The van der Waals surface area contributed by atoms with Gasteiger partial charge in [0, 0.05) is 33.2 Å². The van der Waals surface area contributed by atoms with Crippen molar-refractivity contribution in [2.75, 3.05) is 28.4 Å². The molecule has 0 N–H and O–H groups in total. The SMILES string of the molecule is C=C(c1cc(OC)c(OC)c(OC)c1)c1oc2cc(OC)c(-c3ccc(Cl)cc3)cc2c1C. The molecule has 3 aromatic carbocycles. The van der Waals surface area contributed by atoms with Gasteiger partial charge < -0.3 is 23.4 Å². The van der Waals surface area contributed by atoms with Crippen LogP contribution >= 0.6 is 11.6 Å². The van der Waals surface area contributed by atoms with E-state index in [0.29, 0.717) is 44.9 Å². The molecule has 0 fully saturated rings. The normalized spacial score (nSPS) is 10.8. The molecule has 4 aromatic rings. The summed E-state index contributed by atoms with van der Waals surface area (Å²) < 4.78 is 28.3. The Morgan fingerprint density at radius 1 is 0.818 bits per heavy atom. The first-order valence-corrected chi connectivity index (χ1v) is 10.7. The number of fused-ring (bicyclic) bond motifs is 1. The zero-order chi connectivity index (χ0) is 23.7. The van der Waals surface area contributed by atoms with Crippen molar-refractivity contribution in [3.8, 4) is 34.1 Å². The molecule has 170 valence electrons. The van der Waals surface area contributed by atoms with Crippen molar-refractivity contribution in [1.29, 1.82) is 0 Å². The highest BCUT2D eigenvalue weighted by atomic mass is 35.5. The third kappa shape index (κ3) is 4.00. The van der Waals surface area contributed by atoms with Gasteiger partial charge in [0.25, 0.3) is 0 Å². The fourth-order valence-corrected chi connectivity index (χ4v) is 4.07. The lowest BCUT2D eigenvalue weighted by Crippen LogP contribution is -1.97. The molecule has 0 spiro atoms. The molecular formula is C27H25ClO5. The lowest BCUT2D eigenvalue weighted by molar-refractivity contribution is 0.324. The van der Waals surface area contributed by atoms with Crippen molar-refractivity contribution in [2.24, 2.45) is 0 Å². The quantitative estimate of drug-likeness (QED) is 0.290. The molecule has 6 heteroatoms. The van der Waals surface area contributed by atoms with Crippen LogP contribution in [0.4, 0.5) is 0 Å². The highest BCUT2D eigenvalue weighted by Gasteiger charge is 2.21. The van der Waals surface area contributed by atoms with Crippen molar-refractivity contribution < 1.29 is 23.4 Å². The minimum absolute atomic E-state index is 0.523. The molecule has 5 nitrogen and oxygen atoms in total. The monoisotopic (exact) mass is 464 g/mol. The largest absolute Gasteiger partial charge is 0.496 e. The number of methoxy groups -OCH3 is 4. The molecule has 0 aliphatic carbocycles. The number of rotatable bonds is 7. The molecule has 0 bridgehead atoms. The summed E-state index contributed by atoms with van der Waals surface area (Å²) in [7, 11) is 6.39. The molecule has 0 saturated heterocycles. The molecule has 0 saturated carbocycles. The van der Waals surface area contributed by atoms with E-state index >= 15 is 0 Å².